The summed E-state index contributed by atoms with van der Waals surface area (Å²) in [4.78, 5) is 34.6. The Labute approximate surface area is 114 Å². The van der Waals surface area contributed by atoms with Gasteiger partial charge in [-0.05, 0) is 5.41 Å². The predicted molar refractivity (Wildman–Crippen MR) is 67.0 cm³/mol. The fourth-order valence-electron chi connectivity index (χ4n) is 2.44. The van der Waals surface area contributed by atoms with Gasteiger partial charge in [0.2, 0.25) is 5.91 Å². The van der Waals surface area contributed by atoms with Gasteiger partial charge in [-0.15, -0.1) is 0 Å². The van der Waals surface area contributed by atoms with Crippen LogP contribution in [0.25, 0.3) is 0 Å². The number of carboxylic acid groups (broad SMARTS) is 1. The largest absolute Gasteiger partial charge is 0.481 e. The number of carbonyl (C=O) groups excluding carboxylic acids is 2. The van der Waals surface area contributed by atoms with Crippen LogP contribution in [0.15, 0.2) is 6.20 Å². The number of ether oxygens (including phenoxy) is 1. The van der Waals surface area contributed by atoms with E-state index in [0.29, 0.717) is 0 Å². The van der Waals surface area contributed by atoms with E-state index in [4.69, 9.17) is 5.11 Å². The van der Waals surface area contributed by atoms with Crippen molar-refractivity contribution in [2.75, 3.05) is 12.4 Å². The van der Waals surface area contributed by atoms with Crippen LogP contribution in [0.2, 0.25) is 0 Å². The van der Waals surface area contributed by atoms with Gasteiger partial charge < -0.3 is 15.2 Å². The van der Waals surface area contributed by atoms with Crippen LogP contribution in [0.3, 0.4) is 0 Å². The number of aliphatic carboxylic acids is 1. The van der Waals surface area contributed by atoms with Crippen molar-refractivity contribution < 1.29 is 24.2 Å². The summed E-state index contributed by atoms with van der Waals surface area (Å²) in [5, 5.41) is 17.7. The Balaban J connectivity index is 2.13. The molecule has 0 saturated heterocycles. The van der Waals surface area contributed by atoms with Gasteiger partial charge in [0.25, 0.3) is 0 Å². The number of anilines is 1. The lowest BCUT2D eigenvalue weighted by molar-refractivity contribution is -0.140. The third-order valence-electron chi connectivity index (χ3n) is 3.67. The highest BCUT2D eigenvalue weighted by Gasteiger charge is 2.66. The van der Waals surface area contributed by atoms with Crippen LogP contribution in [0.5, 0.6) is 0 Å². The summed E-state index contributed by atoms with van der Waals surface area (Å²) in [7, 11) is 1.21. The number of carboxylic acids is 1. The number of H-pyrrole nitrogens is 1. The highest BCUT2D eigenvalue weighted by Crippen LogP contribution is 2.58. The molecule has 1 heterocycles. The molecule has 1 aromatic rings. The van der Waals surface area contributed by atoms with Gasteiger partial charge in [0.05, 0.1) is 25.1 Å². The minimum Gasteiger partial charge on any atom is -0.481 e. The molecule has 108 valence electrons. The van der Waals surface area contributed by atoms with Gasteiger partial charge in [-0.1, -0.05) is 13.8 Å². The number of hydrogen-bond donors (Lipinski definition) is 3. The van der Waals surface area contributed by atoms with Crippen LogP contribution < -0.4 is 5.32 Å². The molecule has 1 fully saturated rings. The summed E-state index contributed by atoms with van der Waals surface area (Å²) in [6, 6.07) is 0. The van der Waals surface area contributed by atoms with Gasteiger partial charge in [0.15, 0.2) is 0 Å². The molecule has 1 aromatic heterocycles. The molecule has 0 bridgehead atoms. The quantitative estimate of drug-likeness (QED) is 0.690. The highest BCUT2D eigenvalue weighted by atomic mass is 16.5. The first-order valence-corrected chi connectivity index (χ1v) is 5.96. The summed E-state index contributed by atoms with van der Waals surface area (Å²) < 4.78 is 4.55. The lowest BCUT2D eigenvalue weighted by atomic mass is 10.1. The van der Waals surface area contributed by atoms with Crippen LogP contribution in [0.4, 0.5) is 5.82 Å². The molecule has 1 aliphatic rings. The van der Waals surface area contributed by atoms with Crippen molar-refractivity contribution in [3.8, 4) is 0 Å². The molecular formula is C12H15N3O5. The number of methoxy groups -OCH3 is 1. The third-order valence-corrected chi connectivity index (χ3v) is 3.67. The topological polar surface area (TPSA) is 121 Å². The predicted octanol–water partition coefficient (Wildman–Crippen LogP) is 0.492. The second-order valence-electron chi connectivity index (χ2n) is 5.25. The van der Waals surface area contributed by atoms with E-state index < -0.39 is 35.1 Å². The Morgan fingerprint density at radius 2 is 2.05 bits per heavy atom. The van der Waals surface area contributed by atoms with Crippen molar-refractivity contribution in [3.05, 3.63) is 11.8 Å². The minimum atomic E-state index is -1.01. The molecule has 3 N–H and O–H groups in total. The third kappa shape index (κ3) is 2.13. The molecule has 1 amide bonds. The molecule has 1 saturated carbocycles. The number of aromatic amines is 1. The first-order valence-electron chi connectivity index (χ1n) is 5.96. The first-order chi connectivity index (χ1) is 9.30. The summed E-state index contributed by atoms with van der Waals surface area (Å²) in [5.41, 5.74) is -0.521. The molecule has 0 radical (unpaired) electrons. The van der Waals surface area contributed by atoms with Crippen LogP contribution in [-0.4, -0.2) is 40.3 Å². The maximum Gasteiger partial charge on any atom is 0.343 e. The lowest BCUT2D eigenvalue weighted by Gasteiger charge is -2.05. The van der Waals surface area contributed by atoms with Crippen molar-refractivity contribution in [2.45, 2.75) is 13.8 Å². The number of aromatic nitrogens is 2. The number of nitrogens with one attached hydrogen (secondary N) is 2. The SMILES string of the molecule is COC(=O)c1cn[nH]c1NC(=O)C1C(C(=O)O)C1(C)C. The Bertz CT molecular complexity index is 577. The standard InChI is InChI=1S/C12H15N3O5/c1-12(2)6(7(12)10(17)18)9(16)14-8-5(4-13-15-8)11(19)20-3/h4,6-7H,1-3H3,(H,17,18)(H2,13,14,15,16). The Morgan fingerprint density at radius 1 is 1.40 bits per heavy atom. The number of amides is 1. The zero-order valence-electron chi connectivity index (χ0n) is 11.3. The molecule has 2 rings (SSSR count). The molecule has 2 unspecified atom stereocenters. The molecule has 0 aliphatic heterocycles. The molecule has 2 atom stereocenters. The van der Waals surface area contributed by atoms with Crippen LogP contribution >= 0.6 is 0 Å². The van der Waals surface area contributed by atoms with Gasteiger partial charge in [-0.25, -0.2) is 4.79 Å². The maximum atomic E-state index is 12.1. The van der Waals surface area contributed by atoms with E-state index in [1.54, 1.807) is 13.8 Å². The van der Waals surface area contributed by atoms with Crippen molar-refractivity contribution >= 4 is 23.7 Å². The Hall–Kier alpha value is -2.38. The smallest absolute Gasteiger partial charge is 0.343 e. The molecule has 1 aliphatic carbocycles. The normalized spacial score (nSPS) is 22.9. The number of hydrogen-bond acceptors (Lipinski definition) is 5. The van der Waals surface area contributed by atoms with E-state index in [1.807, 2.05) is 0 Å². The molecule has 0 spiro atoms. The average Bonchev–Trinajstić information content (AvgIpc) is 2.71. The maximum absolute atomic E-state index is 12.1. The zero-order valence-corrected chi connectivity index (χ0v) is 11.3. The van der Waals surface area contributed by atoms with Crippen molar-refractivity contribution in [3.63, 3.8) is 0 Å². The first kappa shape index (κ1) is 14.0. The van der Waals surface area contributed by atoms with Gasteiger partial charge in [0, 0.05) is 0 Å². The van der Waals surface area contributed by atoms with E-state index in [0.717, 1.165) is 0 Å². The highest BCUT2D eigenvalue weighted by molar-refractivity contribution is 6.03. The fraction of sp³-hybridized carbons (Fsp3) is 0.500. The van der Waals surface area contributed by atoms with Crippen molar-refractivity contribution in [1.29, 1.82) is 0 Å². The lowest BCUT2D eigenvalue weighted by Crippen LogP contribution is -2.19. The average molecular weight is 281 g/mol. The second kappa shape index (κ2) is 4.62. The Kier molecular flexibility index (Phi) is 3.24. The van der Waals surface area contributed by atoms with Crippen LogP contribution in [0.1, 0.15) is 24.2 Å². The van der Waals surface area contributed by atoms with E-state index in [-0.39, 0.29) is 11.4 Å². The van der Waals surface area contributed by atoms with Crippen molar-refractivity contribution in [1.82, 2.24) is 10.2 Å². The summed E-state index contributed by atoms with van der Waals surface area (Å²) in [6.45, 7) is 3.43. The number of carbonyl (C=O) groups is 3. The van der Waals surface area contributed by atoms with E-state index in [1.165, 1.54) is 13.3 Å². The molecule has 8 nitrogen and oxygen atoms in total. The zero-order chi connectivity index (χ0) is 15.1. The molecule has 20 heavy (non-hydrogen) atoms. The number of esters is 1. The molecular weight excluding hydrogens is 266 g/mol. The summed E-state index contributed by atoms with van der Waals surface area (Å²) in [5.74, 6) is -3.38. The van der Waals surface area contributed by atoms with E-state index in [9.17, 15) is 14.4 Å². The number of nitrogens with zero attached hydrogens (tertiary/aromatic N) is 1. The molecule has 0 aromatic carbocycles. The monoisotopic (exact) mass is 281 g/mol. The van der Waals surface area contributed by atoms with Gasteiger partial charge in [-0.3, -0.25) is 14.7 Å². The van der Waals surface area contributed by atoms with E-state index in [2.05, 4.69) is 20.3 Å². The Morgan fingerprint density at radius 3 is 2.55 bits per heavy atom. The summed E-state index contributed by atoms with van der Waals surface area (Å²) >= 11 is 0. The number of rotatable bonds is 4. The second-order valence-corrected chi connectivity index (χ2v) is 5.25. The minimum absolute atomic E-state index is 0.0891. The van der Waals surface area contributed by atoms with Gasteiger partial charge >= 0.3 is 11.9 Å². The van der Waals surface area contributed by atoms with Gasteiger partial charge in [-0.2, -0.15) is 5.10 Å². The fourth-order valence-corrected chi connectivity index (χ4v) is 2.44. The molecule has 8 heteroatoms. The van der Waals surface area contributed by atoms with Crippen LogP contribution in [-0.2, 0) is 14.3 Å². The van der Waals surface area contributed by atoms with E-state index >= 15 is 0 Å². The van der Waals surface area contributed by atoms with Gasteiger partial charge in [0.1, 0.15) is 11.4 Å². The summed E-state index contributed by atoms with van der Waals surface area (Å²) in [6.07, 6.45) is 1.23. The van der Waals surface area contributed by atoms with Crippen LogP contribution in [0, 0.1) is 17.3 Å². The van der Waals surface area contributed by atoms with Crippen molar-refractivity contribution in [2.24, 2.45) is 17.3 Å².